The summed E-state index contributed by atoms with van der Waals surface area (Å²) in [5.41, 5.74) is 0.0981. The van der Waals surface area contributed by atoms with Crippen LogP contribution in [0.3, 0.4) is 0 Å². The van der Waals surface area contributed by atoms with E-state index < -0.39 is 11.9 Å². The van der Waals surface area contributed by atoms with Gasteiger partial charge in [-0.25, -0.2) is 9.59 Å². The predicted molar refractivity (Wildman–Crippen MR) is 97.4 cm³/mol. The first-order chi connectivity index (χ1) is 12.6. The third kappa shape index (κ3) is 6.03. The SMILES string of the molecule is CCCCC1(OC(=O)/C=C/C(=O)Oc2ccc(C#N)cc2)CCCCC1. The van der Waals surface area contributed by atoms with Gasteiger partial charge >= 0.3 is 11.9 Å². The molecule has 0 saturated heterocycles. The second-order valence-electron chi connectivity index (χ2n) is 6.66. The monoisotopic (exact) mass is 355 g/mol. The molecule has 0 radical (unpaired) electrons. The molecule has 0 atom stereocenters. The van der Waals surface area contributed by atoms with E-state index >= 15 is 0 Å². The fourth-order valence-electron chi connectivity index (χ4n) is 3.23. The summed E-state index contributed by atoms with van der Waals surface area (Å²) < 4.78 is 10.8. The highest BCUT2D eigenvalue weighted by Gasteiger charge is 2.34. The van der Waals surface area contributed by atoms with Crippen LogP contribution in [0.2, 0.25) is 0 Å². The molecule has 2 rings (SSSR count). The summed E-state index contributed by atoms with van der Waals surface area (Å²) in [6.07, 6.45) is 10.3. The van der Waals surface area contributed by atoms with E-state index in [0.717, 1.165) is 57.1 Å². The number of unbranched alkanes of at least 4 members (excludes halogenated alkanes) is 1. The first kappa shape index (κ1) is 19.7. The fourth-order valence-corrected chi connectivity index (χ4v) is 3.23. The van der Waals surface area contributed by atoms with Crippen molar-refractivity contribution in [2.75, 3.05) is 0 Å². The van der Waals surface area contributed by atoms with Crippen molar-refractivity contribution in [3.63, 3.8) is 0 Å². The number of nitrogens with zero attached hydrogens (tertiary/aromatic N) is 1. The zero-order valence-electron chi connectivity index (χ0n) is 15.2. The minimum Gasteiger partial charge on any atom is -0.456 e. The zero-order valence-corrected chi connectivity index (χ0v) is 15.2. The van der Waals surface area contributed by atoms with Crippen LogP contribution < -0.4 is 4.74 Å². The van der Waals surface area contributed by atoms with Gasteiger partial charge in [0.1, 0.15) is 11.4 Å². The van der Waals surface area contributed by atoms with Crippen molar-refractivity contribution >= 4 is 11.9 Å². The van der Waals surface area contributed by atoms with Gasteiger partial charge in [-0.05, 0) is 62.8 Å². The third-order valence-corrected chi connectivity index (χ3v) is 4.63. The quantitative estimate of drug-likeness (QED) is 0.410. The van der Waals surface area contributed by atoms with Gasteiger partial charge in [0.2, 0.25) is 0 Å². The summed E-state index contributed by atoms with van der Waals surface area (Å²) in [7, 11) is 0. The Morgan fingerprint density at radius 1 is 1.12 bits per heavy atom. The highest BCUT2D eigenvalue weighted by molar-refractivity contribution is 5.92. The van der Waals surface area contributed by atoms with Crippen LogP contribution in [0, 0.1) is 11.3 Å². The number of benzene rings is 1. The average Bonchev–Trinajstić information content (AvgIpc) is 2.66. The number of hydrogen-bond acceptors (Lipinski definition) is 5. The van der Waals surface area contributed by atoms with E-state index in [1.54, 1.807) is 12.1 Å². The molecule has 0 spiro atoms. The van der Waals surface area contributed by atoms with E-state index in [4.69, 9.17) is 14.7 Å². The molecule has 0 aliphatic heterocycles. The molecule has 0 amide bonds. The van der Waals surface area contributed by atoms with Crippen LogP contribution in [0.1, 0.15) is 63.9 Å². The number of ether oxygens (including phenoxy) is 2. The van der Waals surface area contributed by atoms with Crippen molar-refractivity contribution < 1.29 is 19.1 Å². The lowest BCUT2D eigenvalue weighted by Gasteiger charge is -2.36. The van der Waals surface area contributed by atoms with Crippen molar-refractivity contribution in [2.45, 2.75) is 63.9 Å². The van der Waals surface area contributed by atoms with E-state index in [2.05, 4.69) is 6.92 Å². The van der Waals surface area contributed by atoms with Gasteiger partial charge in [-0.2, -0.15) is 5.26 Å². The van der Waals surface area contributed by atoms with Crippen LogP contribution in [0.15, 0.2) is 36.4 Å². The molecule has 5 heteroatoms. The van der Waals surface area contributed by atoms with Crippen molar-refractivity contribution in [3.8, 4) is 11.8 Å². The van der Waals surface area contributed by atoms with Crippen LogP contribution in [0.4, 0.5) is 0 Å². The van der Waals surface area contributed by atoms with Crippen LogP contribution in [-0.4, -0.2) is 17.5 Å². The van der Waals surface area contributed by atoms with Crippen molar-refractivity contribution in [3.05, 3.63) is 42.0 Å². The smallest absolute Gasteiger partial charge is 0.336 e. The van der Waals surface area contributed by atoms with E-state index in [0.29, 0.717) is 11.3 Å². The van der Waals surface area contributed by atoms with Crippen LogP contribution in [-0.2, 0) is 14.3 Å². The Hall–Kier alpha value is -2.61. The maximum absolute atomic E-state index is 12.2. The molecule has 0 aromatic heterocycles. The third-order valence-electron chi connectivity index (χ3n) is 4.63. The van der Waals surface area contributed by atoms with E-state index in [9.17, 15) is 9.59 Å². The number of rotatable bonds is 7. The molecule has 1 saturated carbocycles. The predicted octanol–water partition coefficient (Wildman–Crippen LogP) is 4.46. The topological polar surface area (TPSA) is 76.4 Å². The van der Waals surface area contributed by atoms with Gasteiger partial charge in [0.25, 0.3) is 0 Å². The summed E-state index contributed by atoms with van der Waals surface area (Å²) in [4.78, 5) is 24.0. The Morgan fingerprint density at radius 2 is 1.77 bits per heavy atom. The summed E-state index contributed by atoms with van der Waals surface area (Å²) in [6.45, 7) is 2.12. The molecule has 1 fully saturated rings. The van der Waals surface area contributed by atoms with E-state index in [1.807, 2.05) is 6.07 Å². The van der Waals surface area contributed by atoms with Crippen molar-refractivity contribution in [1.82, 2.24) is 0 Å². The molecule has 1 aromatic carbocycles. The minimum atomic E-state index is -0.655. The molecule has 0 bridgehead atoms. The standard InChI is InChI=1S/C21H25NO4/c1-2-3-13-21(14-5-4-6-15-21)26-20(24)12-11-19(23)25-18-9-7-17(16-22)8-10-18/h7-12H,2-6,13-15H2,1H3/b12-11+. The number of carbonyl (C=O) groups is 2. The van der Waals surface area contributed by atoms with E-state index in [-0.39, 0.29) is 5.60 Å². The second-order valence-corrected chi connectivity index (χ2v) is 6.66. The molecule has 0 heterocycles. The Bertz CT molecular complexity index is 679. The van der Waals surface area contributed by atoms with Gasteiger partial charge in [-0.3, -0.25) is 0 Å². The zero-order chi connectivity index (χ0) is 18.8. The average molecular weight is 355 g/mol. The molecule has 0 N–H and O–H groups in total. The molecule has 26 heavy (non-hydrogen) atoms. The Kier molecular flexibility index (Phi) is 7.40. The van der Waals surface area contributed by atoms with Gasteiger partial charge in [0.05, 0.1) is 11.6 Å². The lowest BCUT2D eigenvalue weighted by Crippen LogP contribution is -2.37. The lowest BCUT2D eigenvalue weighted by molar-refractivity contribution is -0.158. The first-order valence-electron chi connectivity index (χ1n) is 9.20. The number of hydrogen-bond donors (Lipinski definition) is 0. The maximum Gasteiger partial charge on any atom is 0.336 e. The Labute approximate surface area is 154 Å². The normalized spacial score (nSPS) is 16.0. The molecule has 5 nitrogen and oxygen atoms in total. The van der Waals surface area contributed by atoms with Gasteiger partial charge in [0.15, 0.2) is 0 Å². The Morgan fingerprint density at radius 3 is 2.38 bits per heavy atom. The number of nitriles is 1. The molecule has 138 valence electrons. The molecule has 1 aliphatic carbocycles. The summed E-state index contributed by atoms with van der Waals surface area (Å²) in [5, 5.41) is 8.74. The van der Waals surface area contributed by atoms with Gasteiger partial charge in [0, 0.05) is 12.2 Å². The summed E-state index contributed by atoms with van der Waals surface area (Å²) in [6, 6.07) is 8.17. The largest absolute Gasteiger partial charge is 0.456 e. The molecule has 1 aliphatic rings. The highest BCUT2D eigenvalue weighted by atomic mass is 16.6. The van der Waals surface area contributed by atoms with Gasteiger partial charge < -0.3 is 9.47 Å². The highest BCUT2D eigenvalue weighted by Crippen LogP contribution is 2.36. The van der Waals surface area contributed by atoms with Gasteiger partial charge in [-0.1, -0.05) is 19.8 Å². The first-order valence-corrected chi connectivity index (χ1v) is 9.20. The van der Waals surface area contributed by atoms with Crippen molar-refractivity contribution in [2.24, 2.45) is 0 Å². The molecular weight excluding hydrogens is 330 g/mol. The molecular formula is C21H25NO4. The Balaban J connectivity index is 1.89. The van der Waals surface area contributed by atoms with Crippen molar-refractivity contribution in [1.29, 1.82) is 5.26 Å². The summed E-state index contributed by atoms with van der Waals surface area (Å²) in [5.74, 6) is -0.837. The molecule has 1 aromatic rings. The second kappa shape index (κ2) is 9.76. The van der Waals surface area contributed by atoms with Crippen LogP contribution in [0.25, 0.3) is 0 Å². The maximum atomic E-state index is 12.2. The van der Waals surface area contributed by atoms with Crippen LogP contribution in [0.5, 0.6) is 5.75 Å². The number of esters is 2. The van der Waals surface area contributed by atoms with Gasteiger partial charge in [-0.15, -0.1) is 0 Å². The lowest BCUT2D eigenvalue weighted by atomic mass is 9.81. The summed E-state index contributed by atoms with van der Waals surface area (Å²) >= 11 is 0. The van der Waals surface area contributed by atoms with E-state index in [1.165, 1.54) is 18.6 Å². The molecule has 0 unspecified atom stereocenters. The van der Waals surface area contributed by atoms with Crippen LogP contribution >= 0.6 is 0 Å². The number of carbonyl (C=O) groups excluding carboxylic acids is 2. The fraction of sp³-hybridized carbons (Fsp3) is 0.476. The minimum absolute atomic E-state index is 0.318.